The summed E-state index contributed by atoms with van der Waals surface area (Å²) in [6.45, 7) is 0.350. The van der Waals surface area contributed by atoms with Crippen molar-refractivity contribution in [2.75, 3.05) is 20.2 Å². The van der Waals surface area contributed by atoms with E-state index in [0.29, 0.717) is 12.3 Å². The van der Waals surface area contributed by atoms with Gasteiger partial charge in [-0.1, -0.05) is 18.2 Å². The van der Waals surface area contributed by atoms with Gasteiger partial charge in [-0.25, -0.2) is 0 Å². The van der Waals surface area contributed by atoms with Crippen molar-refractivity contribution in [3.63, 3.8) is 0 Å². The summed E-state index contributed by atoms with van der Waals surface area (Å²) in [7, 11) is 3.49. The van der Waals surface area contributed by atoms with Crippen LogP contribution in [0.5, 0.6) is 5.75 Å². The summed E-state index contributed by atoms with van der Waals surface area (Å²) in [4.78, 5) is 28.4. The quantitative estimate of drug-likeness (QED) is 0.794. The lowest BCUT2D eigenvalue weighted by Crippen LogP contribution is -2.47. The van der Waals surface area contributed by atoms with Gasteiger partial charge < -0.3 is 19.6 Å². The third-order valence-electron chi connectivity index (χ3n) is 4.54. The lowest BCUT2D eigenvalue weighted by atomic mass is 10.1. The summed E-state index contributed by atoms with van der Waals surface area (Å²) >= 11 is 0. The number of aliphatic hydroxyl groups is 1. The molecular formula is C19H24N4O4. The fraction of sp³-hybridized carbons (Fsp3) is 0.421. The van der Waals surface area contributed by atoms with E-state index < -0.39 is 12.1 Å². The number of benzene rings is 1. The van der Waals surface area contributed by atoms with E-state index in [0.717, 1.165) is 5.56 Å². The first-order valence-electron chi connectivity index (χ1n) is 8.82. The molecule has 8 nitrogen and oxygen atoms in total. The number of aryl methyl sites for hydroxylation is 1. The number of ether oxygens (including phenoxy) is 1. The Morgan fingerprint density at radius 3 is 2.74 bits per heavy atom. The topological polar surface area (TPSA) is 87.9 Å². The second kappa shape index (κ2) is 8.22. The molecular weight excluding hydrogens is 348 g/mol. The molecule has 1 aliphatic rings. The van der Waals surface area contributed by atoms with Gasteiger partial charge >= 0.3 is 0 Å². The van der Waals surface area contributed by atoms with Crippen molar-refractivity contribution in [3.05, 3.63) is 48.3 Å². The Balaban J connectivity index is 1.62. The molecule has 1 N–H and O–H groups in total. The van der Waals surface area contributed by atoms with E-state index in [1.165, 1.54) is 4.90 Å². The number of β-amino-alcohol motifs (C(OH)–C–C–N with tert-alkyl or cyclic N) is 1. The first-order valence-corrected chi connectivity index (χ1v) is 8.82. The molecule has 0 unspecified atom stereocenters. The molecule has 0 radical (unpaired) electrons. The van der Waals surface area contributed by atoms with E-state index in [1.54, 1.807) is 35.0 Å². The van der Waals surface area contributed by atoms with Crippen LogP contribution in [0.3, 0.4) is 0 Å². The molecule has 1 saturated heterocycles. The number of likely N-dealkylation sites (tertiary alicyclic amines) is 1. The largest absolute Gasteiger partial charge is 0.484 e. The van der Waals surface area contributed by atoms with Crippen molar-refractivity contribution < 1.29 is 19.4 Å². The highest BCUT2D eigenvalue weighted by atomic mass is 16.5. The standard InChI is InChI=1S/C19H24N4O4/c1-21(10-14-9-20-22(2)11-14)19(26)17-8-15(24)12-23(17)18(25)13-27-16-6-4-3-5-7-16/h3-7,9,11,15,17,24H,8,10,12-13H2,1-2H3/t15-,17+/m0/s1. The van der Waals surface area contributed by atoms with Crippen LogP contribution in [0.4, 0.5) is 0 Å². The summed E-state index contributed by atoms with van der Waals surface area (Å²) in [5.74, 6) is 0.0640. The molecule has 3 rings (SSSR count). The van der Waals surface area contributed by atoms with E-state index >= 15 is 0 Å². The third-order valence-corrected chi connectivity index (χ3v) is 4.54. The number of hydrogen-bond acceptors (Lipinski definition) is 5. The minimum Gasteiger partial charge on any atom is -0.484 e. The highest BCUT2D eigenvalue weighted by Crippen LogP contribution is 2.21. The van der Waals surface area contributed by atoms with E-state index in [-0.39, 0.29) is 31.4 Å². The Morgan fingerprint density at radius 1 is 1.33 bits per heavy atom. The van der Waals surface area contributed by atoms with Crippen molar-refractivity contribution in [2.45, 2.75) is 25.1 Å². The van der Waals surface area contributed by atoms with E-state index in [2.05, 4.69) is 5.10 Å². The summed E-state index contributed by atoms with van der Waals surface area (Å²) < 4.78 is 7.16. The Morgan fingerprint density at radius 2 is 2.07 bits per heavy atom. The van der Waals surface area contributed by atoms with Crippen LogP contribution in [0.15, 0.2) is 42.7 Å². The van der Waals surface area contributed by atoms with Crippen LogP contribution in [-0.4, -0.2) is 68.8 Å². The predicted molar refractivity (Wildman–Crippen MR) is 97.7 cm³/mol. The smallest absolute Gasteiger partial charge is 0.261 e. The van der Waals surface area contributed by atoms with Gasteiger partial charge in [0, 0.05) is 45.4 Å². The maximum Gasteiger partial charge on any atom is 0.261 e. The normalized spacial score (nSPS) is 19.1. The van der Waals surface area contributed by atoms with Crippen molar-refractivity contribution in [1.82, 2.24) is 19.6 Å². The fourth-order valence-electron chi connectivity index (χ4n) is 3.23. The maximum atomic E-state index is 12.8. The number of hydrogen-bond donors (Lipinski definition) is 1. The van der Waals surface area contributed by atoms with Gasteiger partial charge in [-0.05, 0) is 12.1 Å². The van der Waals surface area contributed by atoms with Gasteiger partial charge in [-0.2, -0.15) is 5.10 Å². The molecule has 1 aromatic carbocycles. The average molecular weight is 372 g/mol. The molecule has 1 fully saturated rings. The molecule has 2 aromatic rings. The summed E-state index contributed by atoms with van der Waals surface area (Å²) in [5.41, 5.74) is 0.900. The van der Waals surface area contributed by atoms with Gasteiger partial charge in [-0.3, -0.25) is 14.3 Å². The Labute approximate surface area is 157 Å². The number of likely N-dealkylation sites (N-methyl/N-ethyl adjacent to an activating group) is 1. The predicted octanol–water partition coefficient (Wildman–Crippen LogP) is 0.419. The van der Waals surface area contributed by atoms with Crippen LogP contribution in [0.25, 0.3) is 0 Å². The van der Waals surface area contributed by atoms with Gasteiger partial charge in [0.1, 0.15) is 11.8 Å². The van der Waals surface area contributed by atoms with Crippen molar-refractivity contribution >= 4 is 11.8 Å². The molecule has 0 saturated carbocycles. The molecule has 27 heavy (non-hydrogen) atoms. The van der Waals surface area contributed by atoms with E-state index in [1.807, 2.05) is 31.4 Å². The third kappa shape index (κ3) is 4.65. The molecule has 1 aromatic heterocycles. The Bertz CT molecular complexity index is 792. The number of aliphatic hydroxyl groups excluding tert-OH is 1. The van der Waals surface area contributed by atoms with Crippen molar-refractivity contribution in [3.8, 4) is 5.75 Å². The minimum atomic E-state index is -0.716. The number of amides is 2. The number of para-hydroxylation sites is 1. The maximum absolute atomic E-state index is 12.8. The second-order valence-corrected chi connectivity index (χ2v) is 6.77. The molecule has 2 atom stereocenters. The summed E-state index contributed by atoms with van der Waals surface area (Å²) in [6, 6.07) is 8.33. The zero-order valence-electron chi connectivity index (χ0n) is 15.5. The SMILES string of the molecule is CN(Cc1cnn(C)c1)C(=O)[C@H]1C[C@H](O)CN1C(=O)COc1ccccc1. The average Bonchev–Trinajstić information content (AvgIpc) is 3.25. The molecule has 0 aliphatic carbocycles. The van der Waals surface area contributed by atoms with Crippen LogP contribution >= 0.6 is 0 Å². The zero-order chi connectivity index (χ0) is 19.4. The molecule has 0 spiro atoms. The molecule has 1 aliphatic heterocycles. The van der Waals surface area contributed by atoms with Gasteiger partial charge in [0.2, 0.25) is 5.91 Å². The molecule has 8 heteroatoms. The van der Waals surface area contributed by atoms with Crippen LogP contribution in [0, 0.1) is 0 Å². The molecule has 0 bridgehead atoms. The Hall–Kier alpha value is -2.87. The van der Waals surface area contributed by atoms with Crippen LogP contribution in [-0.2, 0) is 23.2 Å². The first-order chi connectivity index (χ1) is 12.9. The molecule has 2 amide bonds. The number of aromatic nitrogens is 2. The highest BCUT2D eigenvalue weighted by Gasteiger charge is 2.40. The lowest BCUT2D eigenvalue weighted by molar-refractivity contribution is -0.144. The van der Waals surface area contributed by atoms with Crippen LogP contribution in [0.1, 0.15) is 12.0 Å². The molecule has 2 heterocycles. The Kier molecular flexibility index (Phi) is 5.75. The van der Waals surface area contributed by atoms with Crippen molar-refractivity contribution in [2.24, 2.45) is 7.05 Å². The van der Waals surface area contributed by atoms with Crippen LogP contribution < -0.4 is 4.74 Å². The van der Waals surface area contributed by atoms with Crippen LogP contribution in [0.2, 0.25) is 0 Å². The van der Waals surface area contributed by atoms with Crippen molar-refractivity contribution in [1.29, 1.82) is 0 Å². The second-order valence-electron chi connectivity index (χ2n) is 6.77. The summed E-state index contributed by atoms with van der Waals surface area (Å²) in [5, 5.41) is 14.1. The van der Waals surface area contributed by atoms with Gasteiger partial charge in [0.25, 0.3) is 5.91 Å². The molecule has 144 valence electrons. The van der Waals surface area contributed by atoms with Gasteiger partial charge in [-0.15, -0.1) is 0 Å². The first kappa shape index (κ1) is 18.9. The number of nitrogens with zero attached hydrogens (tertiary/aromatic N) is 4. The van der Waals surface area contributed by atoms with E-state index in [9.17, 15) is 14.7 Å². The number of carbonyl (C=O) groups excluding carboxylic acids is 2. The van der Waals surface area contributed by atoms with Gasteiger partial charge in [0.15, 0.2) is 6.61 Å². The lowest BCUT2D eigenvalue weighted by Gasteiger charge is -2.27. The van der Waals surface area contributed by atoms with E-state index in [4.69, 9.17) is 4.74 Å². The zero-order valence-corrected chi connectivity index (χ0v) is 15.5. The number of rotatable bonds is 6. The number of carbonyl (C=O) groups is 2. The fourth-order valence-corrected chi connectivity index (χ4v) is 3.23. The minimum absolute atomic E-state index is 0.133. The van der Waals surface area contributed by atoms with Gasteiger partial charge in [0.05, 0.1) is 12.3 Å². The highest BCUT2D eigenvalue weighted by molar-refractivity contribution is 5.88. The summed E-state index contributed by atoms with van der Waals surface area (Å²) in [6.07, 6.45) is 3.05. The monoisotopic (exact) mass is 372 g/mol.